The van der Waals surface area contributed by atoms with Crippen molar-refractivity contribution in [2.24, 2.45) is 0 Å². The van der Waals surface area contributed by atoms with Crippen LogP contribution in [0.2, 0.25) is 0 Å². The number of carbonyl (C=O) groups is 2. The number of urea groups is 1. The molecule has 3 amide bonds. The zero-order chi connectivity index (χ0) is 19.8. The molecule has 0 fully saturated rings. The lowest BCUT2D eigenvalue weighted by atomic mass is 10.1. The predicted molar refractivity (Wildman–Crippen MR) is 111 cm³/mol. The summed E-state index contributed by atoms with van der Waals surface area (Å²) in [5.41, 5.74) is 2.94. The molecule has 0 saturated carbocycles. The summed E-state index contributed by atoms with van der Waals surface area (Å²) in [5.74, 6) is 1.18. The zero-order valence-electron chi connectivity index (χ0n) is 15.2. The average molecular weight is 404 g/mol. The van der Waals surface area contributed by atoms with Gasteiger partial charge in [0, 0.05) is 23.4 Å². The standard InChI is InChI=1S/C21H16N4O3S/c26-19-13-4-3-6-15(14(13)11-22-19)25-21(27)23-10-12-8-9-17(28-12)20-24-16-5-1-2-7-18(16)29-20/h1-9H,10-11H2,(H,22,26)(H2,23,25,27). The molecule has 0 saturated heterocycles. The van der Waals surface area contributed by atoms with Gasteiger partial charge in [-0.15, -0.1) is 11.3 Å². The number of aromatic nitrogens is 1. The number of rotatable bonds is 4. The van der Waals surface area contributed by atoms with Crippen molar-refractivity contribution in [3.8, 4) is 10.8 Å². The van der Waals surface area contributed by atoms with E-state index in [0.29, 0.717) is 29.3 Å². The molecule has 3 heterocycles. The molecule has 2 aromatic carbocycles. The second kappa shape index (κ2) is 7.06. The smallest absolute Gasteiger partial charge is 0.319 e. The molecule has 0 bridgehead atoms. The van der Waals surface area contributed by atoms with Crippen molar-refractivity contribution in [2.75, 3.05) is 5.32 Å². The van der Waals surface area contributed by atoms with E-state index in [1.807, 2.05) is 36.4 Å². The van der Waals surface area contributed by atoms with Crippen LogP contribution in [0.5, 0.6) is 0 Å². The number of furan rings is 1. The summed E-state index contributed by atoms with van der Waals surface area (Å²) in [5, 5.41) is 9.13. The van der Waals surface area contributed by atoms with Gasteiger partial charge in [-0.3, -0.25) is 4.79 Å². The fourth-order valence-electron chi connectivity index (χ4n) is 3.27. The van der Waals surface area contributed by atoms with Crippen LogP contribution in [0.1, 0.15) is 21.7 Å². The monoisotopic (exact) mass is 404 g/mol. The molecule has 0 spiro atoms. The van der Waals surface area contributed by atoms with Crippen LogP contribution < -0.4 is 16.0 Å². The first kappa shape index (κ1) is 17.4. The summed E-state index contributed by atoms with van der Waals surface area (Å²) in [6.45, 7) is 0.650. The number of thiazole rings is 1. The van der Waals surface area contributed by atoms with Gasteiger partial charge in [0.25, 0.3) is 5.91 Å². The van der Waals surface area contributed by atoms with Gasteiger partial charge in [0.2, 0.25) is 0 Å². The Hall–Kier alpha value is -3.65. The minimum atomic E-state index is -0.365. The van der Waals surface area contributed by atoms with Gasteiger partial charge in [-0.05, 0) is 36.4 Å². The highest BCUT2D eigenvalue weighted by atomic mass is 32.1. The van der Waals surface area contributed by atoms with Crippen molar-refractivity contribution >= 4 is 39.2 Å². The van der Waals surface area contributed by atoms with Crippen LogP contribution in [0.15, 0.2) is 59.0 Å². The van der Waals surface area contributed by atoms with Crippen LogP contribution in [0.4, 0.5) is 10.5 Å². The van der Waals surface area contributed by atoms with Crippen LogP contribution >= 0.6 is 11.3 Å². The van der Waals surface area contributed by atoms with Crippen LogP contribution in [-0.2, 0) is 13.1 Å². The fourth-order valence-corrected chi connectivity index (χ4v) is 4.20. The molecule has 1 aliphatic rings. The van der Waals surface area contributed by atoms with E-state index in [4.69, 9.17) is 4.42 Å². The number of nitrogens with zero attached hydrogens (tertiary/aromatic N) is 1. The largest absolute Gasteiger partial charge is 0.457 e. The summed E-state index contributed by atoms with van der Waals surface area (Å²) in [6.07, 6.45) is 0. The number of amides is 3. The van der Waals surface area contributed by atoms with E-state index in [9.17, 15) is 9.59 Å². The lowest BCUT2D eigenvalue weighted by Gasteiger charge is -2.09. The normalized spacial score (nSPS) is 12.6. The summed E-state index contributed by atoms with van der Waals surface area (Å²) in [4.78, 5) is 28.6. The third-order valence-corrected chi connectivity index (χ3v) is 5.74. The number of hydrogen-bond donors (Lipinski definition) is 3. The van der Waals surface area contributed by atoms with Crippen LogP contribution in [0, 0.1) is 0 Å². The molecular formula is C21H16N4O3S. The van der Waals surface area contributed by atoms with Crippen molar-refractivity contribution in [1.29, 1.82) is 0 Å². The molecule has 1 aliphatic heterocycles. The topological polar surface area (TPSA) is 96.3 Å². The van der Waals surface area contributed by atoms with Gasteiger partial charge in [-0.25, -0.2) is 9.78 Å². The fraction of sp³-hybridized carbons (Fsp3) is 0.0952. The molecule has 3 N–H and O–H groups in total. The Bertz CT molecular complexity index is 1210. The summed E-state index contributed by atoms with van der Waals surface area (Å²) in [6, 6.07) is 16.5. The maximum Gasteiger partial charge on any atom is 0.319 e. The molecule has 0 aliphatic carbocycles. The Morgan fingerprint density at radius 3 is 2.93 bits per heavy atom. The number of fused-ring (bicyclic) bond motifs is 2. The van der Waals surface area contributed by atoms with Crippen LogP contribution in [0.3, 0.4) is 0 Å². The minimum Gasteiger partial charge on any atom is -0.457 e. The SMILES string of the molecule is O=C(NCc1ccc(-c2nc3ccccc3s2)o1)Nc1cccc2c1CNC2=O. The molecule has 2 aromatic heterocycles. The Morgan fingerprint density at radius 2 is 2.03 bits per heavy atom. The van der Waals surface area contributed by atoms with E-state index in [1.54, 1.807) is 29.5 Å². The summed E-state index contributed by atoms with van der Waals surface area (Å²) in [7, 11) is 0. The van der Waals surface area contributed by atoms with Gasteiger partial charge in [0.15, 0.2) is 10.8 Å². The van der Waals surface area contributed by atoms with Crippen LogP contribution in [0.25, 0.3) is 21.0 Å². The van der Waals surface area contributed by atoms with Crippen molar-refractivity contribution < 1.29 is 14.0 Å². The second-order valence-electron chi connectivity index (χ2n) is 6.57. The highest BCUT2D eigenvalue weighted by Gasteiger charge is 2.22. The molecule has 0 radical (unpaired) electrons. The lowest BCUT2D eigenvalue weighted by molar-refractivity contribution is 0.0965. The number of carbonyl (C=O) groups excluding carboxylic acids is 2. The van der Waals surface area contributed by atoms with Crippen molar-refractivity contribution in [3.63, 3.8) is 0 Å². The predicted octanol–water partition coefficient (Wildman–Crippen LogP) is 4.12. The van der Waals surface area contributed by atoms with Gasteiger partial charge < -0.3 is 20.4 Å². The molecular weight excluding hydrogens is 388 g/mol. The molecule has 5 rings (SSSR count). The lowest BCUT2D eigenvalue weighted by Crippen LogP contribution is -2.28. The molecule has 7 nitrogen and oxygen atoms in total. The summed E-state index contributed by atoms with van der Waals surface area (Å²) < 4.78 is 6.94. The number of benzene rings is 2. The van der Waals surface area contributed by atoms with Gasteiger partial charge in [0.1, 0.15) is 5.76 Å². The van der Waals surface area contributed by atoms with Gasteiger partial charge in [-0.1, -0.05) is 18.2 Å². The van der Waals surface area contributed by atoms with Crippen molar-refractivity contribution in [3.05, 3.63) is 71.5 Å². The first-order chi connectivity index (χ1) is 14.2. The Labute approximate surface area is 169 Å². The zero-order valence-corrected chi connectivity index (χ0v) is 16.0. The van der Waals surface area contributed by atoms with Gasteiger partial charge >= 0.3 is 6.03 Å². The van der Waals surface area contributed by atoms with E-state index < -0.39 is 0 Å². The molecule has 0 unspecified atom stereocenters. The van der Waals surface area contributed by atoms with E-state index in [2.05, 4.69) is 20.9 Å². The number of para-hydroxylation sites is 1. The first-order valence-electron chi connectivity index (χ1n) is 9.07. The molecule has 8 heteroatoms. The maximum absolute atomic E-state index is 12.3. The highest BCUT2D eigenvalue weighted by molar-refractivity contribution is 7.21. The van der Waals surface area contributed by atoms with E-state index in [-0.39, 0.29) is 18.5 Å². The minimum absolute atomic E-state index is 0.123. The molecule has 144 valence electrons. The van der Waals surface area contributed by atoms with E-state index >= 15 is 0 Å². The molecule has 4 aromatic rings. The number of hydrogen-bond acceptors (Lipinski definition) is 5. The van der Waals surface area contributed by atoms with Crippen LogP contribution in [-0.4, -0.2) is 16.9 Å². The first-order valence-corrected chi connectivity index (χ1v) is 9.88. The van der Waals surface area contributed by atoms with E-state index in [0.717, 1.165) is 20.8 Å². The number of nitrogens with one attached hydrogen (secondary N) is 3. The number of anilines is 1. The second-order valence-corrected chi connectivity index (χ2v) is 7.61. The third kappa shape index (κ3) is 3.34. The highest BCUT2D eigenvalue weighted by Crippen LogP contribution is 2.31. The Kier molecular flexibility index (Phi) is 4.25. The third-order valence-electron chi connectivity index (χ3n) is 4.68. The quantitative estimate of drug-likeness (QED) is 0.477. The van der Waals surface area contributed by atoms with E-state index in [1.165, 1.54) is 0 Å². The van der Waals surface area contributed by atoms with Gasteiger partial charge in [-0.2, -0.15) is 0 Å². The average Bonchev–Trinajstić information content (AvgIpc) is 3.45. The Balaban J connectivity index is 1.24. The summed E-state index contributed by atoms with van der Waals surface area (Å²) >= 11 is 1.56. The van der Waals surface area contributed by atoms with Crippen molar-refractivity contribution in [2.45, 2.75) is 13.1 Å². The van der Waals surface area contributed by atoms with Crippen molar-refractivity contribution in [1.82, 2.24) is 15.6 Å². The molecule has 0 atom stereocenters. The Morgan fingerprint density at radius 1 is 1.14 bits per heavy atom. The maximum atomic E-state index is 12.3. The van der Waals surface area contributed by atoms with Gasteiger partial charge in [0.05, 0.1) is 16.8 Å². The molecule has 29 heavy (non-hydrogen) atoms.